The first kappa shape index (κ1) is 24.9. The number of ether oxygens (including phenoxy) is 1. The van der Waals surface area contributed by atoms with Gasteiger partial charge in [-0.1, -0.05) is 29.3 Å². The maximum atomic E-state index is 14.0. The fraction of sp³-hybridized carbons (Fsp3) is 0.385. The summed E-state index contributed by atoms with van der Waals surface area (Å²) in [6.07, 6.45) is 7.32. The second kappa shape index (κ2) is 10.3. The van der Waals surface area contributed by atoms with E-state index >= 15 is 0 Å². The predicted molar refractivity (Wildman–Crippen MR) is 139 cm³/mol. The Morgan fingerprint density at radius 3 is 2.94 bits per heavy atom. The predicted octanol–water partition coefficient (Wildman–Crippen LogP) is 5.61. The summed E-state index contributed by atoms with van der Waals surface area (Å²) in [6.45, 7) is 4.63. The minimum Gasteiger partial charge on any atom is -0.478 e. The summed E-state index contributed by atoms with van der Waals surface area (Å²) in [5.74, 6) is 0.0448. The highest BCUT2D eigenvalue weighted by Gasteiger charge is 2.28. The van der Waals surface area contributed by atoms with Crippen molar-refractivity contribution in [2.24, 2.45) is 5.92 Å². The Kier molecular flexibility index (Phi) is 7.10. The zero-order valence-corrected chi connectivity index (χ0v) is 21.3. The number of hydrogen-bond donors (Lipinski definition) is 2. The van der Waals surface area contributed by atoms with Crippen molar-refractivity contribution in [3.63, 3.8) is 0 Å². The lowest BCUT2D eigenvalue weighted by molar-refractivity contribution is -0.135. The molecule has 2 aliphatic rings. The number of carbonyl (C=O) groups excluding carboxylic acids is 1. The summed E-state index contributed by atoms with van der Waals surface area (Å²) in [6, 6.07) is 2.63. The lowest BCUT2D eigenvalue weighted by atomic mass is 9.95. The smallest absolute Gasteiger partial charge is 0.227 e. The van der Waals surface area contributed by atoms with Crippen LogP contribution in [0.1, 0.15) is 43.4 Å². The van der Waals surface area contributed by atoms with E-state index in [1.165, 1.54) is 12.1 Å². The van der Waals surface area contributed by atoms with Gasteiger partial charge in [-0.2, -0.15) is 0 Å². The molecule has 1 aromatic carbocycles. The van der Waals surface area contributed by atoms with E-state index in [-0.39, 0.29) is 33.4 Å². The van der Waals surface area contributed by atoms with E-state index in [0.29, 0.717) is 30.7 Å². The normalized spacial score (nSPS) is 19.3. The van der Waals surface area contributed by atoms with Crippen molar-refractivity contribution in [3.8, 4) is 5.75 Å². The van der Waals surface area contributed by atoms with Crippen molar-refractivity contribution in [3.05, 3.63) is 57.7 Å². The number of fused-ring (bicyclic) bond motifs is 1. The van der Waals surface area contributed by atoms with Gasteiger partial charge in [0.25, 0.3) is 0 Å². The molecule has 3 N–H and O–H groups in total. The summed E-state index contributed by atoms with van der Waals surface area (Å²) in [5.41, 5.74) is 8.82. The Morgan fingerprint density at radius 1 is 1.39 bits per heavy atom. The first-order valence-corrected chi connectivity index (χ1v) is 12.8. The number of nitrogens with one attached hydrogen (secondary N) is 1. The standard InChI is InChI=1S/C26H27Cl2FN4O3/c1-14(21-19(27)4-5-20(29)22(21)28)36-24-23-17(12-32-25(24)30)18(13-35-23)15-6-9-33(10-7-15)26(34)16-3-2-8-31-11-16/h4-6,12-14,16,31H,2-3,7-11H2,1H3,(H2,30,32)/t14-,16-/m1/s1. The van der Waals surface area contributed by atoms with Gasteiger partial charge in [-0.3, -0.25) is 4.79 Å². The molecule has 2 aliphatic heterocycles. The molecule has 0 unspecified atom stereocenters. The highest BCUT2D eigenvalue weighted by molar-refractivity contribution is 6.36. The van der Waals surface area contributed by atoms with Gasteiger partial charge in [-0.05, 0) is 50.4 Å². The molecule has 2 atom stereocenters. The maximum Gasteiger partial charge on any atom is 0.227 e. The number of nitrogen functional groups attached to an aromatic ring is 1. The van der Waals surface area contributed by atoms with Gasteiger partial charge in [-0.25, -0.2) is 9.37 Å². The second-order valence-corrected chi connectivity index (χ2v) is 9.97. The lowest BCUT2D eigenvalue weighted by Crippen LogP contribution is -2.44. The van der Waals surface area contributed by atoms with Gasteiger partial charge in [0.15, 0.2) is 11.4 Å². The van der Waals surface area contributed by atoms with Crippen LogP contribution in [0.3, 0.4) is 0 Å². The molecular weight excluding hydrogens is 506 g/mol. The number of anilines is 1. The van der Waals surface area contributed by atoms with Gasteiger partial charge in [-0.15, -0.1) is 0 Å². The molecule has 7 nitrogen and oxygen atoms in total. The van der Waals surface area contributed by atoms with E-state index in [1.807, 2.05) is 4.90 Å². The molecule has 4 heterocycles. The van der Waals surface area contributed by atoms with Crippen molar-refractivity contribution in [1.29, 1.82) is 0 Å². The van der Waals surface area contributed by atoms with Crippen LogP contribution in [0.4, 0.5) is 10.2 Å². The van der Waals surface area contributed by atoms with Gasteiger partial charge < -0.3 is 25.1 Å². The zero-order chi connectivity index (χ0) is 25.4. The maximum absolute atomic E-state index is 14.0. The Morgan fingerprint density at radius 2 is 2.22 bits per heavy atom. The quantitative estimate of drug-likeness (QED) is 0.414. The van der Waals surface area contributed by atoms with E-state index in [0.717, 1.165) is 42.5 Å². The molecule has 10 heteroatoms. The van der Waals surface area contributed by atoms with Crippen LogP contribution in [0.5, 0.6) is 5.75 Å². The highest BCUT2D eigenvalue weighted by Crippen LogP contribution is 2.41. The third-order valence-electron chi connectivity index (χ3n) is 6.89. The molecule has 0 aliphatic carbocycles. The largest absolute Gasteiger partial charge is 0.478 e. The van der Waals surface area contributed by atoms with E-state index in [9.17, 15) is 9.18 Å². The van der Waals surface area contributed by atoms with Gasteiger partial charge in [0.1, 0.15) is 11.9 Å². The molecule has 0 bridgehead atoms. The molecule has 1 fully saturated rings. The van der Waals surface area contributed by atoms with Crippen LogP contribution < -0.4 is 15.8 Å². The van der Waals surface area contributed by atoms with E-state index in [1.54, 1.807) is 19.4 Å². The molecule has 2 aromatic heterocycles. The highest BCUT2D eigenvalue weighted by atomic mass is 35.5. The summed E-state index contributed by atoms with van der Waals surface area (Å²) in [7, 11) is 0. The molecule has 36 heavy (non-hydrogen) atoms. The number of benzene rings is 1. The number of hydrogen-bond acceptors (Lipinski definition) is 6. The number of aromatic nitrogens is 1. The van der Waals surface area contributed by atoms with Crippen LogP contribution >= 0.6 is 23.2 Å². The minimum absolute atomic E-state index is 0.0532. The average Bonchev–Trinajstić information content (AvgIpc) is 3.33. The van der Waals surface area contributed by atoms with Crippen molar-refractivity contribution >= 4 is 51.5 Å². The van der Waals surface area contributed by atoms with Crippen molar-refractivity contribution < 1.29 is 18.3 Å². The fourth-order valence-electron chi connectivity index (χ4n) is 4.93. The second-order valence-electron chi connectivity index (χ2n) is 9.19. The third-order valence-corrected chi connectivity index (χ3v) is 7.61. The lowest BCUT2D eigenvalue weighted by Gasteiger charge is -2.31. The third kappa shape index (κ3) is 4.65. The summed E-state index contributed by atoms with van der Waals surface area (Å²) < 4.78 is 26.0. The van der Waals surface area contributed by atoms with Crippen molar-refractivity contribution in [2.75, 3.05) is 31.9 Å². The molecule has 5 rings (SSSR count). The molecular formula is C26H27Cl2FN4O3. The number of nitrogens with two attached hydrogens (primary N) is 1. The van der Waals surface area contributed by atoms with E-state index in [2.05, 4.69) is 16.4 Å². The number of nitrogens with zero attached hydrogens (tertiary/aromatic N) is 2. The fourth-order valence-corrected chi connectivity index (χ4v) is 5.61. The summed E-state index contributed by atoms with van der Waals surface area (Å²) in [5, 5.41) is 4.23. The van der Waals surface area contributed by atoms with Crippen LogP contribution in [0.15, 0.2) is 35.1 Å². The topological polar surface area (TPSA) is 93.6 Å². The number of pyridine rings is 1. The van der Waals surface area contributed by atoms with Gasteiger partial charge in [0.05, 0.1) is 22.6 Å². The summed E-state index contributed by atoms with van der Waals surface area (Å²) >= 11 is 12.4. The monoisotopic (exact) mass is 532 g/mol. The molecule has 1 saturated heterocycles. The first-order chi connectivity index (χ1) is 17.3. The molecule has 1 amide bonds. The Labute approximate surface area is 218 Å². The summed E-state index contributed by atoms with van der Waals surface area (Å²) in [4.78, 5) is 19.1. The van der Waals surface area contributed by atoms with Gasteiger partial charge >= 0.3 is 0 Å². The van der Waals surface area contributed by atoms with Crippen molar-refractivity contribution in [2.45, 2.75) is 32.3 Å². The van der Waals surface area contributed by atoms with Crippen LogP contribution in [-0.2, 0) is 4.79 Å². The van der Waals surface area contributed by atoms with Crippen LogP contribution in [0.2, 0.25) is 10.0 Å². The van der Waals surface area contributed by atoms with E-state index < -0.39 is 11.9 Å². The van der Waals surface area contributed by atoms with Crippen LogP contribution in [-0.4, -0.2) is 42.0 Å². The van der Waals surface area contributed by atoms with Gasteiger partial charge in [0.2, 0.25) is 11.7 Å². The van der Waals surface area contributed by atoms with Crippen molar-refractivity contribution in [1.82, 2.24) is 15.2 Å². The average molecular weight is 533 g/mol. The Bertz CT molecular complexity index is 1340. The Balaban J connectivity index is 1.39. The first-order valence-electron chi connectivity index (χ1n) is 12.0. The van der Waals surface area contributed by atoms with E-state index in [4.69, 9.17) is 38.1 Å². The number of carbonyl (C=O) groups is 1. The Hall–Kier alpha value is -2.81. The SMILES string of the molecule is C[C@@H](Oc1c(N)ncc2c(C3=CCN(C(=O)[C@@H]4CCCNC4)CC3)coc12)c1c(Cl)ccc(F)c1Cl. The number of halogens is 3. The number of piperidine rings is 1. The molecule has 0 spiro atoms. The number of furan rings is 1. The molecule has 0 radical (unpaired) electrons. The molecule has 190 valence electrons. The minimum atomic E-state index is -0.716. The molecule has 3 aromatic rings. The number of rotatable bonds is 5. The van der Waals surface area contributed by atoms with Crippen LogP contribution in [0, 0.1) is 11.7 Å². The van der Waals surface area contributed by atoms with Crippen LogP contribution in [0.25, 0.3) is 16.5 Å². The zero-order valence-electron chi connectivity index (χ0n) is 19.8. The van der Waals surface area contributed by atoms with Gasteiger partial charge in [0, 0.05) is 42.0 Å². The number of amides is 1. The molecule has 0 saturated carbocycles.